The van der Waals surface area contributed by atoms with Gasteiger partial charge in [0.25, 0.3) is 0 Å². The first kappa shape index (κ1) is 16.1. The van der Waals surface area contributed by atoms with E-state index in [4.69, 9.17) is 4.74 Å². The smallest absolute Gasteiger partial charge is 0.309 e. The summed E-state index contributed by atoms with van der Waals surface area (Å²) in [6.45, 7) is 5.97. The van der Waals surface area contributed by atoms with Crippen LogP contribution in [0.2, 0.25) is 0 Å². The van der Waals surface area contributed by atoms with Crippen LogP contribution in [0.5, 0.6) is 0 Å². The highest BCUT2D eigenvalue weighted by atomic mass is 35.5. The Balaban J connectivity index is 0.00000147. The second kappa shape index (κ2) is 6.63. The number of esters is 1. The quantitative estimate of drug-likeness (QED) is 0.806. The van der Waals surface area contributed by atoms with Crippen molar-refractivity contribution >= 4 is 18.4 Å². The molecule has 1 aliphatic carbocycles. The van der Waals surface area contributed by atoms with Gasteiger partial charge in [-0.1, -0.05) is 0 Å². The monoisotopic (exact) mass is 302 g/mol. The number of likely N-dealkylation sites (tertiary alicyclic amines) is 1. The Labute approximate surface area is 128 Å². The van der Waals surface area contributed by atoms with Gasteiger partial charge in [0.2, 0.25) is 0 Å². The molecule has 3 rings (SSSR count). The summed E-state index contributed by atoms with van der Waals surface area (Å²) in [5, 5.41) is 3.49. The number of ether oxygens (including phenoxy) is 1. The molecule has 2 saturated heterocycles. The topological polar surface area (TPSA) is 41.6 Å². The molecular weight excluding hydrogens is 276 g/mol. The van der Waals surface area contributed by atoms with Gasteiger partial charge in [-0.2, -0.15) is 0 Å². The van der Waals surface area contributed by atoms with Crippen LogP contribution in [0, 0.1) is 17.3 Å². The fourth-order valence-corrected chi connectivity index (χ4v) is 4.00. The lowest BCUT2D eigenvalue weighted by molar-refractivity contribution is -0.143. The fraction of sp³-hybridized carbons (Fsp3) is 0.933. The molecule has 3 aliphatic rings. The van der Waals surface area contributed by atoms with E-state index in [0.29, 0.717) is 5.41 Å². The Morgan fingerprint density at radius 3 is 2.75 bits per heavy atom. The van der Waals surface area contributed by atoms with Gasteiger partial charge >= 0.3 is 5.97 Å². The van der Waals surface area contributed by atoms with Crippen LogP contribution in [0.1, 0.15) is 32.1 Å². The van der Waals surface area contributed by atoms with Crippen LogP contribution >= 0.6 is 12.4 Å². The lowest BCUT2D eigenvalue weighted by Crippen LogP contribution is -2.42. The largest absolute Gasteiger partial charge is 0.469 e. The number of methoxy groups -OCH3 is 1. The number of halogens is 1. The molecule has 116 valence electrons. The number of nitrogens with zero attached hydrogens (tertiary/aromatic N) is 1. The first-order valence-electron chi connectivity index (χ1n) is 7.74. The standard InChI is InChI=1S/C15H26N2O2.ClH/c1-19-14(18)13-9-15(13)4-7-17(8-5-15)11-12-3-2-6-16-10-12;/h12-13,16H,2-11H2,1H3;1H. The Bertz CT molecular complexity index is 337. The Morgan fingerprint density at radius 2 is 2.15 bits per heavy atom. The number of carbonyl (C=O) groups is 1. The van der Waals surface area contributed by atoms with Crippen LogP contribution in [0.3, 0.4) is 0 Å². The molecule has 1 spiro atoms. The van der Waals surface area contributed by atoms with Gasteiger partial charge in [-0.15, -0.1) is 12.4 Å². The highest BCUT2D eigenvalue weighted by Gasteiger charge is 2.59. The summed E-state index contributed by atoms with van der Waals surface area (Å²) in [6, 6.07) is 0. The summed E-state index contributed by atoms with van der Waals surface area (Å²) in [6.07, 6.45) is 6.14. The van der Waals surface area contributed by atoms with Crippen molar-refractivity contribution in [2.24, 2.45) is 17.3 Å². The van der Waals surface area contributed by atoms with E-state index in [1.54, 1.807) is 0 Å². The fourth-order valence-electron chi connectivity index (χ4n) is 4.00. The third-order valence-electron chi connectivity index (χ3n) is 5.44. The molecule has 2 heterocycles. The molecule has 1 N–H and O–H groups in total. The van der Waals surface area contributed by atoms with Crippen LogP contribution in [-0.4, -0.2) is 50.7 Å². The minimum atomic E-state index is 0. The summed E-state index contributed by atoms with van der Waals surface area (Å²) in [5.41, 5.74) is 0.314. The van der Waals surface area contributed by atoms with Crippen LogP contribution < -0.4 is 5.32 Å². The Hall–Kier alpha value is -0.320. The molecule has 20 heavy (non-hydrogen) atoms. The van der Waals surface area contributed by atoms with E-state index in [9.17, 15) is 4.79 Å². The van der Waals surface area contributed by atoms with Crippen LogP contribution in [0.25, 0.3) is 0 Å². The zero-order valence-corrected chi connectivity index (χ0v) is 13.2. The molecule has 2 aliphatic heterocycles. The maximum atomic E-state index is 11.6. The Kier molecular flexibility index (Phi) is 5.32. The molecule has 5 heteroatoms. The highest BCUT2D eigenvalue weighted by Crippen LogP contribution is 2.59. The van der Waals surface area contributed by atoms with E-state index in [2.05, 4.69) is 10.2 Å². The van der Waals surface area contributed by atoms with Gasteiger partial charge in [0, 0.05) is 6.54 Å². The average Bonchev–Trinajstić information content (AvgIpc) is 3.16. The van der Waals surface area contributed by atoms with E-state index in [1.807, 2.05) is 0 Å². The molecule has 0 bridgehead atoms. The predicted octanol–water partition coefficient (Wildman–Crippen LogP) is 1.68. The molecule has 0 radical (unpaired) electrons. The van der Waals surface area contributed by atoms with Crippen LogP contribution in [-0.2, 0) is 9.53 Å². The molecule has 0 amide bonds. The van der Waals surface area contributed by atoms with Crippen molar-refractivity contribution in [3.63, 3.8) is 0 Å². The van der Waals surface area contributed by atoms with Crippen molar-refractivity contribution in [2.75, 3.05) is 39.8 Å². The van der Waals surface area contributed by atoms with E-state index < -0.39 is 0 Å². The van der Waals surface area contributed by atoms with Crippen molar-refractivity contribution in [3.05, 3.63) is 0 Å². The van der Waals surface area contributed by atoms with Crippen molar-refractivity contribution < 1.29 is 9.53 Å². The third kappa shape index (κ3) is 3.29. The zero-order valence-electron chi connectivity index (χ0n) is 12.4. The zero-order chi connectivity index (χ0) is 13.3. The first-order chi connectivity index (χ1) is 9.23. The van der Waals surface area contributed by atoms with E-state index in [1.165, 1.54) is 65.5 Å². The second-order valence-corrected chi connectivity index (χ2v) is 6.66. The minimum absolute atomic E-state index is 0. The maximum absolute atomic E-state index is 11.6. The SMILES string of the molecule is COC(=O)C1CC12CCN(CC1CCCNC1)CC2.Cl. The van der Waals surface area contributed by atoms with Crippen molar-refractivity contribution in [1.82, 2.24) is 10.2 Å². The van der Waals surface area contributed by atoms with Crippen molar-refractivity contribution in [2.45, 2.75) is 32.1 Å². The summed E-state index contributed by atoms with van der Waals surface area (Å²) < 4.78 is 4.89. The molecule has 3 fully saturated rings. The molecule has 0 aromatic heterocycles. The van der Waals surface area contributed by atoms with Crippen molar-refractivity contribution in [1.29, 1.82) is 0 Å². The normalized spacial score (nSPS) is 32.5. The Morgan fingerprint density at radius 1 is 1.40 bits per heavy atom. The summed E-state index contributed by atoms with van der Waals surface area (Å²) in [5.74, 6) is 1.05. The van der Waals surface area contributed by atoms with Gasteiger partial charge in [-0.3, -0.25) is 4.79 Å². The van der Waals surface area contributed by atoms with E-state index >= 15 is 0 Å². The predicted molar refractivity (Wildman–Crippen MR) is 81.1 cm³/mol. The van der Waals surface area contributed by atoms with E-state index in [0.717, 1.165) is 12.3 Å². The van der Waals surface area contributed by atoms with Gasteiger partial charge in [-0.25, -0.2) is 0 Å². The van der Waals surface area contributed by atoms with Gasteiger partial charge in [0.1, 0.15) is 0 Å². The number of carbonyl (C=O) groups excluding carboxylic acids is 1. The first-order valence-corrected chi connectivity index (χ1v) is 7.74. The molecule has 0 aromatic rings. The number of piperidine rings is 2. The number of rotatable bonds is 3. The van der Waals surface area contributed by atoms with Gasteiger partial charge < -0.3 is 15.0 Å². The maximum Gasteiger partial charge on any atom is 0.309 e. The summed E-state index contributed by atoms with van der Waals surface area (Å²) in [7, 11) is 1.51. The number of hydrogen-bond donors (Lipinski definition) is 1. The highest BCUT2D eigenvalue weighted by molar-refractivity contribution is 5.85. The lowest BCUT2D eigenvalue weighted by Gasteiger charge is -2.36. The number of hydrogen-bond acceptors (Lipinski definition) is 4. The van der Waals surface area contributed by atoms with Crippen LogP contribution in [0.15, 0.2) is 0 Å². The van der Waals surface area contributed by atoms with Crippen LogP contribution in [0.4, 0.5) is 0 Å². The summed E-state index contributed by atoms with van der Waals surface area (Å²) in [4.78, 5) is 14.2. The van der Waals surface area contributed by atoms with E-state index in [-0.39, 0.29) is 24.3 Å². The lowest BCUT2D eigenvalue weighted by atomic mass is 9.89. The molecular formula is C15H27ClN2O2. The van der Waals surface area contributed by atoms with Gasteiger partial charge in [-0.05, 0) is 69.6 Å². The molecule has 2 atom stereocenters. The third-order valence-corrected chi connectivity index (χ3v) is 5.44. The molecule has 2 unspecified atom stereocenters. The molecule has 0 aromatic carbocycles. The number of nitrogens with one attached hydrogen (secondary N) is 1. The molecule has 1 saturated carbocycles. The average molecular weight is 303 g/mol. The minimum Gasteiger partial charge on any atom is -0.469 e. The molecule has 4 nitrogen and oxygen atoms in total. The second-order valence-electron chi connectivity index (χ2n) is 6.66. The van der Waals surface area contributed by atoms with Gasteiger partial charge in [0.05, 0.1) is 13.0 Å². The van der Waals surface area contributed by atoms with Gasteiger partial charge in [0.15, 0.2) is 0 Å². The van der Waals surface area contributed by atoms with Crippen molar-refractivity contribution in [3.8, 4) is 0 Å². The summed E-state index contributed by atoms with van der Waals surface area (Å²) >= 11 is 0.